The number of benzene rings is 2. The van der Waals surface area contributed by atoms with Gasteiger partial charge in [-0.15, -0.1) is 10.2 Å². The highest BCUT2D eigenvalue weighted by Gasteiger charge is 2.09. The summed E-state index contributed by atoms with van der Waals surface area (Å²) in [6.07, 6.45) is 3.38. The number of nitrogens with zero attached hydrogens (tertiary/aromatic N) is 2. The van der Waals surface area contributed by atoms with E-state index in [1.807, 2.05) is 0 Å². The van der Waals surface area contributed by atoms with Crippen molar-refractivity contribution in [3.8, 4) is 0 Å². The molecule has 0 aliphatic carbocycles. The van der Waals surface area contributed by atoms with Crippen molar-refractivity contribution in [1.82, 2.24) is 10.2 Å². The molecule has 0 radical (unpaired) electrons. The average molecular weight is 412 g/mol. The van der Waals surface area contributed by atoms with Crippen LogP contribution in [0.25, 0.3) is 12.2 Å². The van der Waals surface area contributed by atoms with Gasteiger partial charge in [-0.05, 0) is 47.5 Å². The lowest BCUT2D eigenvalue weighted by atomic mass is 10.1. The third kappa shape index (κ3) is 4.07. The van der Waals surface area contributed by atoms with Crippen molar-refractivity contribution in [1.29, 1.82) is 0 Å². The highest BCUT2D eigenvalue weighted by Crippen LogP contribution is 2.21. The second-order valence-corrected chi connectivity index (χ2v) is 6.27. The Balaban J connectivity index is 1.76. The fourth-order valence-electron chi connectivity index (χ4n) is 2.04. The SMILES string of the molecule is Fc1ccc(/C=C/c2nnc(Cc3cc(Br)ccc3F)o2)c(Cl)c1. The fourth-order valence-corrected chi connectivity index (χ4v) is 2.68. The summed E-state index contributed by atoms with van der Waals surface area (Å²) < 4.78 is 33.0. The zero-order valence-corrected chi connectivity index (χ0v) is 14.5. The summed E-state index contributed by atoms with van der Waals surface area (Å²) in [7, 11) is 0. The van der Waals surface area contributed by atoms with Gasteiger partial charge in [0.1, 0.15) is 11.6 Å². The Bertz CT molecular complexity index is 911. The second-order valence-electron chi connectivity index (χ2n) is 4.95. The first-order chi connectivity index (χ1) is 11.5. The summed E-state index contributed by atoms with van der Waals surface area (Å²) in [5.74, 6) is -0.211. The predicted molar refractivity (Wildman–Crippen MR) is 91.5 cm³/mol. The Kier molecular flexibility index (Phi) is 5.06. The molecule has 0 bridgehead atoms. The van der Waals surface area contributed by atoms with Gasteiger partial charge in [-0.2, -0.15) is 0 Å². The van der Waals surface area contributed by atoms with Crippen molar-refractivity contribution >= 4 is 39.7 Å². The van der Waals surface area contributed by atoms with Gasteiger partial charge in [-0.1, -0.05) is 33.6 Å². The van der Waals surface area contributed by atoms with Gasteiger partial charge in [0.15, 0.2) is 0 Å². The molecular formula is C17H10BrClF2N2O. The smallest absolute Gasteiger partial charge is 0.240 e. The molecule has 122 valence electrons. The van der Waals surface area contributed by atoms with E-state index in [1.165, 1.54) is 18.2 Å². The molecular weight excluding hydrogens is 402 g/mol. The van der Waals surface area contributed by atoms with E-state index in [-0.39, 0.29) is 29.0 Å². The Hall–Kier alpha value is -2.05. The lowest BCUT2D eigenvalue weighted by molar-refractivity contribution is 0.491. The van der Waals surface area contributed by atoms with Crippen LogP contribution < -0.4 is 0 Å². The molecule has 0 saturated heterocycles. The first-order valence-electron chi connectivity index (χ1n) is 6.91. The highest BCUT2D eigenvalue weighted by molar-refractivity contribution is 9.10. The maximum atomic E-state index is 13.7. The van der Waals surface area contributed by atoms with Crippen molar-refractivity contribution in [2.45, 2.75) is 6.42 Å². The van der Waals surface area contributed by atoms with E-state index < -0.39 is 5.82 Å². The van der Waals surface area contributed by atoms with Crippen LogP contribution in [0.4, 0.5) is 8.78 Å². The maximum absolute atomic E-state index is 13.7. The van der Waals surface area contributed by atoms with Gasteiger partial charge in [0.25, 0.3) is 0 Å². The van der Waals surface area contributed by atoms with E-state index in [4.69, 9.17) is 16.0 Å². The minimum absolute atomic E-state index is 0.184. The summed E-state index contributed by atoms with van der Waals surface area (Å²) in [6, 6.07) is 8.72. The summed E-state index contributed by atoms with van der Waals surface area (Å²) in [6.45, 7) is 0. The van der Waals surface area contributed by atoms with Gasteiger partial charge in [0.2, 0.25) is 11.8 Å². The summed E-state index contributed by atoms with van der Waals surface area (Å²) in [4.78, 5) is 0. The summed E-state index contributed by atoms with van der Waals surface area (Å²) in [5.41, 5.74) is 1.07. The molecule has 1 heterocycles. The van der Waals surface area contributed by atoms with Crippen LogP contribution >= 0.6 is 27.5 Å². The van der Waals surface area contributed by atoms with Crippen LogP contribution in [0.15, 0.2) is 45.3 Å². The topological polar surface area (TPSA) is 38.9 Å². The number of halogens is 4. The minimum atomic E-state index is -0.409. The van der Waals surface area contributed by atoms with E-state index in [0.29, 0.717) is 11.1 Å². The molecule has 3 aromatic rings. The van der Waals surface area contributed by atoms with Crippen LogP contribution in [0, 0.1) is 11.6 Å². The van der Waals surface area contributed by atoms with Gasteiger partial charge in [0, 0.05) is 10.5 Å². The molecule has 0 atom stereocenters. The van der Waals surface area contributed by atoms with Crippen LogP contribution in [-0.4, -0.2) is 10.2 Å². The van der Waals surface area contributed by atoms with Crippen molar-refractivity contribution in [2.24, 2.45) is 0 Å². The molecule has 2 aromatic carbocycles. The molecule has 0 spiro atoms. The number of aromatic nitrogens is 2. The van der Waals surface area contributed by atoms with E-state index in [9.17, 15) is 8.78 Å². The largest absolute Gasteiger partial charge is 0.421 e. The molecule has 0 fully saturated rings. The van der Waals surface area contributed by atoms with Crippen LogP contribution in [0.5, 0.6) is 0 Å². The molecule has 3 rings (SSSR count). The molecule has 0 saturated carbocycles. The number of rotatable bonds is 4. The van der Waals surface area contributed by atoms with Crippen LogP contribution in [0.1, 0.15) is 22.9 Å². The molecule has 0 N–H and O–H groups in total. The third-order valence-electron chi connectivity index (χ3n) is 3.20. The molecule has 24 heavy (non-hydrogen) atoms. The molecule has 3 nitrogen and oxygen atoms in total. The van der Waals surface area contributed by atoms with Crippen molar-refractivity contribution < 1.29 is 13.2 Å². The quantitative estimate of drug-likeness (QED) is 0.567. The lowest BCUT2D eigenvalue weighted by Crippen LogP contribution is -1.93. The normalized spacial score (nSPS) is 11.3. The van der Waals surface area contributed by atoms with Crippen molar-refractivity contribution in [3.05, 3.63) is 80.4 Å². The summed E-state index contributed by atoms with van der Waals surface area (Å²) in [5, 5.41) is 8.04. The Morgan fingerprint density at radius 3 is 2.71 bits per heavy atom. The van der Waals surface area contributed by atoms with Gasteiger partial charge in [-0.3, -0.25) is 0 Å². The van der Waals surface area contributed by atoms with E-state index in [1.54, 1.807) is 30.4 Å². The molecule has 0 aliphatic rings. The zero-order valence-electron chi connectivity index (χ0n) is 12.1. The fraction of sp³-hybridized carbons (Fsp3) is 0.0588. The van der Waals surface area contributed by atoms with E-state index in [0.717, 1.165) is 4.47 Å². The van der Waals surface area contributed by atoms with Crippen LogP contribution in [-0.2, 0) is 6.42 Å². The van der Waals surface area contributed by atoms with Crippen molar-refractivity contribution in [3.63, 3.8) is 0 Å². The first kappa shape index (κ1) is 16.8. The molecule has 0 unspecified atom stereocenters. The summed E-state index contributed by atoms with van der Waals surface area (Å²) >= 11 is 9.23. The van der Waals surface area contributed by atoms with Crippen LogP contribution in [0.3, 0.4) is 0 Å². The Morgan fingerprint density at radius 1 is 1.08 bits per heavy atom. The minimum Gasteiger partial charge on any atom is -0.421 e. The average Bonchev–Trinajstić information content (AvgIpc) is 2.98. The molecule has 0 aliphatic heterocycles. The van der Waals surface area contributed by atoms with Crippen LogP contribution in [0.2, 0.25) is 5.02 Å². The van der Waals surface area contributed by atoms with Gasteiger partial charge < -0.3 is 4.42 Å². The first-order valence-corrected chi connectivity index (χ1v) is 8.08. The number of hydrogen-bond donors (Lipinski definition) is 0. The lowest BCUT2D eigenvalue weighted by Gasteiger charge is -2.00. The monoisotopic (exact) mass is 410 g/mol. The standard InChI is InChI=1S/C17H10BrClF2N2O/c18-12-3-5-15(21)11(7-12)8-17-23-22-16(24-17)6-2-10-1-4-13(20)9-14(10)19/h1-7,9H,8H2/b6-2+. The molecule has 1 aromatic heterocycles. The maximum Gasteiger partial charge on any atom is 0.240 e. The van der Waals surface area contributed by atoms with E-state index in [2.05, 4.69) is 26.1 Å². The van der Waals surface area contributed by atoms with Gasteiger partial charge in [-0.25, -0.2) is 8.78 Å². The van der Waals surface area contributed by atoms with E-state index >= 15 is 0 Å². The Labute approximate surface area is 150 Å². The van der Waals surface area contributed by atoms with Gasteiger partial charge in [0.05, 0.1) is 11.4 Å². The third-order valence-corrected chi connectivity index (χ3v) is 4.02. The van der Waals surface area contributed by atoms with Gasteiger partial charge >= 0.3 is 0 Å². The second kappa shape index (κ2) is 7.23. The zero-order chi connectivity index (χ0) is 17.1. The number of hydrogen-bond acceptors (Lipinski definition) is 3. The highest BCUT2D eigenvalue weighted by atomic mass is 79.9. The predicted octanol–water partition coefficient (Wildman–Crippen LogP) is 5.52. The molecule has 0 amide bonds. The Morgan fingerprint density at radius 2 is 1.92 bits per heavy atom. The molecule has 7 heteroatoms. The van der Waals surface area contributed by atoms with Crippen molar-refractivity contribution in [2.75, 3.05) is 0 Å².